The number of phenolic OH excluding ortho intramolecular Hbond substituents is 1. The van der Waals surface area contributed by atoms with Crippen molar-refractivity contribution in [2.45, 2.75) is 31.8 Å². The van der Waals surface area contributed by atoms with E-state index >= 15 is 4.39 Å². The summed E-state index contributed by atoms with van der Waals surface area (Å²) in [4.78, 5) is 47.1. The summed E-state index contributed by atoms with van der Waals surface area (Å²) < 4.78 is 15.2. The third kappa shape index (κ3) is 5.67. The molecule has 9 nitrogen and oxygen atoms in total. The zero-order valence-electron chi connectivity index (χ0n) is 21.8. The molecule has 0 spiro atoms. The number of halogens is 1. The molecule has 0 bridgehead atoms. The van der Waals surface area contributed by atoms with E-state index in [-0.39, 0.29) is 35.0 Å². The van der Waals surface area contributed by atoms with Gasteiger partial charge in [-0.1, -0.05) is 18.2 Å². The van der Waals surface area contributed by atoms with Crippen LogP contribution in [0.3, 0.4) is 0 Å². The Kier molecular flexibility index (Phi) is 7.79. The van der Waals surface area contributed by atoms with E-state index in [4.69, 9.17) is 0 Å². The topological polar surface area (TPSA) is 133 Å². The lowest BCUT2D eigenvalue weighted by Gasteiger charge is -2.27. The Morgan fingerprint density at radius 2 is 1.57 bits per heavy atom. The lowest BCUT2D eigenvalue weighted by Crippen LogP contribution is -2.54. The first-order valence-electron chi connectivity index (χ1n) is 13.0. The molecule has 1 aliphatic heterocycles. The van der Waals surface area contributed by atoms with Crippen LogP contribution >= 0.6 is 0 Å². The highest BCUT2D eigenvalue weighted by Crippen LogP contribution is 2.30. The highest BCUT2D eigenvalue weighted by atomic mass is 19.1. The summed E-state index contributed by atoms with van der Waals surface area (Å²) in [6, 6.07) is 13.0. The first kappa shape index (κ1) is 26.9. The van der Waals surface area contributed by atoms with E-state index in [9.17, 15) is 19.5 Å². The average Bonchev–Trinajstić information content (AvgIpc) is 3.18. The second-order valence-corrected chi connectivity index (χ2v) is 9.76. The third-order valence-corrected chi connectivity index (χ3v) is 6.97. The molecule has 40 heavy (non-hydrogen) atoms. The van der Waals surface area contributed by atoms with Crippen molar-refractivity contribution >= 4 is 28.5 Å². The Labute approximate surface area is 229 Å². The maximum atomic E-state index is 15.2. The number of hydrogen-bond donors (Lipinski definition) is 4. The van der Waals surface area contributed by atoms with Gasteiger partial charge in [-0.25, -0.2) is 4.39 Å². The normalized spacial score (nSPS) is 17.1. The number of aryl methyl sites for hydroxylation is 1. The van der Waals surface area contributed by atoms with Gasteiger partial charge in [0.2, 0.25) is 0 Å². The Bertz CT molecular complexity index is 1580. The van der Waals surface area contributed by atoms with Crippen LogP contribution in [-0.2, 0) is 0 Å². The van der Waals surface area contributed by atoms with Gasteiger partial charge in [0, 0.05) is 46.7 Å². The molecule has 4 N–H and O–H groups in total. The summed E-state index contributed by atoms with van der Waals surface area (Å²) in [7, 11) is 0. The van der Waals surface area contributed by atoms with Crippen molar-refractivity contribution in [3.63, 3.8) is 0 Å². The van der Waals surface area contributed by atoms with Crippen LogP contribution in [0.25, 0.3) is 10.9 Å². The number of amides is 2. The van der Waals surface area contributed by atoms with Crippen molar-refractivity contribution in [1.29, 1.82) is 0 Å². The Balaban J connectivity index is 1.31. The average molecular weight is 542 g/mol. The molecule has 2 atom stereocenters. The molecule has 0 unspecified atom stereocenters. The molecule has 2 aromatic heterocycles. The molecule has 204 valence electrons. The quantitative estimate of drug-likeness (QED) is 0.275. The number of aromatic nitrogens is 2. The number of nitrogens with one attached hydrogen (secondary N) is 3. The van der Waals surface area contributed by atoms with Gasteiger partial charge in [-0.15, -0.1) is 0 Å². The van der Waals surface area contributed by atoms with Crippen molar-refractivity contribution < 1.29 is 23.9 Å². The number of pyridine rings is 2. The minimum absolute atomic E-state index is 0.000569. The molecule has 0 saturated carbocycles. The number of rotatable bonds is 6. The van der Waals surface area contributed by atoms with Crippen molar-refractivity contribution in [2.75, 3.05) is 13.1 Å². The number of phenols is 1. The number of carbonyl (C=O) groups excluding carboxylic acids is 3. The van der Waals surface area contributed by atoms with Gasteiger partial charge in [0.05, 0.1) is 12.1 Å². The zero-order chi connectivity index (χ0) is 28.2. The highest BCUT2D eigenvalue weighted by Gasteiger charge is 2.28. The fourth-order valence-corrected chi connectivity index (χ4v) is 4.82. The summed E-state index contributed by atoms with van der Waals surface area (Å²) in [6.45, 7) is 2.96. The molecule has 0 radical (unpaired) electrons. The van der Waals surface area contributed by atoms with E-state index in [1.54, 1.807) is 43.6 Å². The summed E-state index contributed by atoms with van der Waals surface area (Å²) in [5.41, 5.74) is 0.994. The first-order valence-corrected chi connectivity index (χ1v) is 13.0. The van der Waals surface area contributed by atoms with Gasteiger partial charge in [-0.2, -0.15) is 0 Å². The molecule has 1 aliphatic rings. The number of ketones is 1. The van der Waals surface area contributed by atoms with Crippen LogP contribution in [0.5, 0.6) is 5.75 Å². The first-order chi connectivity index (χ1) is 19.3. The van der Waals surface area contributed by atoms with E-state index in [1.807, 2.05) is 0 Å². The fourth-order valence-electron chi connectivity index (χ4n) is 4.82. The van der Waals surface area contributed by atoms with Gasteiger partial charge in [0.25, 0.3) is 11.8 Å². The lowest BCUT2D eigenvalue weighted by molar-refractivity contribution is 0.0882. The minimum Gasteiger partial charge on any atom is -0.507 e. The number of hydrogen-bond acceptors (Lipinski definition) is 7. The molecular weight excluding hydrogens is 513 g/mol. The fraction of sp³-hybridized carbons (Fsp3) is 0.233. The monoisotopic (exact) mass is 541 g/mol. The predicted molar refractivity (Wildman–Crippen MR) is 147 cm³/mol. The molecule has 4 aromatic rings. The van der Waals surface area contributed by atoms with Gasteiger partial charge in [-0.05, 0) is 62.7 Å². The van der Waals surface area contributed by atoms with Crippen LogP contribution in [-0.4, -0.2) is 57.8 Å². The molecule has 0 aliphatic carbocycles. The van der Waals surface area contributed by atoms with Crippen LogP contribution in [0.2, 0.25) is 0 Å². The second-order valence-electron chi connectivity index (χ2n) is 9.76. The third-order valence-electron chi connectivity index (χ3n) is 6.97. The Morgan fingerprint density at radius 3 is 2.30 bits per heavy atom. The lowest BCUT2D eigenvalue weighted by atomic mass is 9.98. The van der Waals surface area contributed by atoms with Gasteiger partial charge in [0.15, 0.2) is 11.6 Å². The van der Waals surface area contributed by atoms with Gasteiger partial charge in [0.1, 0.15) is 16.8 Å². The number of fused-ring (bicyclic) bond motifs is 1. The predicted octanol–water partition coefficient (Wildman–Crippen LogP) is 3.29. The highest BCUT2D eigenvalue weighted by molar-refractivity contribution is 6.13. The van der Waals surface area contributed by atoms with E-state index in [2.05, 4.69) is 25.9 Å². The smallest absolute Gasteiger partial charge is 0.251 e. The molecule has 1 fully saturated rings. The molecule has 5 rings (SSSR count). The van der Waals surface area contributed by atoms with Gasteiger partial charge < -0.3 is 21.1 Å². The molecule has 1 saturated heterocycles. The van der Waals surface area contributed by atoms with Gasteiger partial charge in [-0.3, -0.25) is 24.4 Å². The van der Waals surface area contributed by atoms with Crippen LogP contribution in [0.4, 0.5) is 4.39 Å². The summed E-state index contributed by atoms with van der Waals surface area (Å²) in [5, 5.41) is 20.1. The van der Waals surface area contributed by atoms with Crippen molar-refractivity contribution in [2.24, 2.45) is 0 Å². The summed E-state index contributed by atoms with van der Waals surface area (Å²) >= 11 is 0. The standard InChI is InChI=1S/C30H28FN5O4/c1-17-4-5-21-15-24(37)25(26(31)27(21)34-17)28(38)18-6-8-19(9-7-18)29(39)35-22-3-2-12-33-16-23(22)36-30(40)20-10-13-32-14-11-20/h4-11,13-15,22-23,33,37H,2-3,12,16H2,1H3,(H,35,39)(H,36,40)/t22-,23-/m1/s1. The number of carbonyl (C=O) groups is 3. The van der Waals surface area contributed by atoms with Crippen LogP contribution in [0.1, 0.15) is 55.2 Å². The van der Waals surface area contributed by atoms with Crippen LogP contribution in [0, 0.1) is 12.7 Å². The molecule has 2 amide bonds. The van der Waals surface area contributed by atoms with E-state index in [0.29, 0.717) is 35.2 Å². The Morgan fingerprint density at radius 1 is 0.925 bits per heavy atom. The number of benzene rings is 2. The van der Waals surface area contributed by atoms with E-state index < -0.39 is 22.9 Å². The SMILES string of the molecule is Cc1ccc2cc(O)c(C(=O)c3ccc(C(=O)N[C@@H]4CCCNC[C@H]4NC(=O)c4ccncc4)cc3)c(F)c2n1. The maximum absolute atomic E-state index is 15.2. The largest absolute Gasteiger partial charge is 0.507 e. The van der Waals surface area contributed by atoms with Crippen molar-refractivity contribution in [3.8, 4) is 5.75 Å². The molecule has 10 heteroatoms. The molecule has 3 heterocycles. The van der Waals surface area contributed by atoms with E-state index in [1.165, 1.54) is 30.3 Å². The minimum atomic E-state index is -0.896. The summed E-state index contributed by atoms with van der Waals surface area (Å²) in [5.74, 6) is -2.72. The maximum Gasteiger partial charge on any atom is 0.251 e. The zero-order valence-corrected chi connectivity index (χ0v) is 21.8. The number of aromatic hydroxyl groups is 1. The Hall–Kier alpha value is -4.70. The molecule has 2 aromatic carbocycles. The summed E-state index contributed by atoms with van der Waals surface area (Å²) in [6.07, 6.45) is 4.56. The van der Waals surface area contributed by atoms with Crippen molar-refractivity contribution in [3.05, 3.63) is 101 Å². The van der Waals surface area contributed by atoms with E-state index in [0.717, 1.165) is 13.0 Å². The second kappa shape index (κ2) is 11.6. The molecular formula is C30H28FN5O4. The van der Waals surface area contributed by atoms with Crippen LogP contribution in [0.15, 0.2) is 67.0 Å². The number of nitrogens with zero attached hydrogens (tertiary/aromatic N) is 2. The van der Waals surface area contributed by atoms with Gasteiger partial charge >= 0.3 is 0 Å². The van der Waals surface area contributed by atoms with Crippen LogP contribution < -0.4 is 16.0 Å². The van der Waals surface area contributed by atoms with Crippen molar-refractivity contribution in [1.82, 2.24) is 25.9 Å².